The Morgan fingerprint density at radius 2 is 1.97 bits per heavy atom. The van der Waals surface area contributed by atoms with Gasteiger partial charge in [-0.15, -0.1) is 11.3 Å². The molecule has 1 saturated carbocycles. The number of imide groups is 1. The summed E-state index contributed by atoms with van der Waals surface area (Å²) in [5, 5.41) is 11.3. The number of amidine groups is 1. The van der Waals surface area contributed by atoms with Crippen molar-refractivity contribution in [2.45, 2.75) is 64.1 Å². The summed E-state index contributed by atoms with van der Waals surface area (Å²) in [6.07, 6.45) is 6.90. The van der Waals surface area contributed by atoms with Gasteiger partial charge in [-0.3, -0.25) is 29.6 Å². The highest BCUT2D eigenvalue weighted by Crippen LogP contribution is 2.38. The number of carbonyl (C=O) groups excluding carboxylic acids is 2. The molecule has 2 fully saturated rings. The van der Waals surface area contributed by atoms with Crippen LogP contribution in [-0.4, -0.2) is 58.8 Å². The third-order valence-corrected chi connectivity index (χ3v) is 7.47. The molecule has 2 aliphatic rings. The lowest BCUT2D eigenvalue weighted by Gasteiger charge is -2.27. The van der Waals surface area contributed by atoms with Crippen LogP contribution in [0.1, 0.15) is 55.2 Å². The van der Waals surface area contributed by atoms with Gasteiger partial charge in [0.05, 0.1) is 17.0 Å². The first-order chi connectivity index (χ1) is 15.2. The number of aliphatic imine (C=N–C) groups is 1. The van der Waals surface area contributed by atoms with Gasteiger partial charge in [-0.1, -0.05) is 32.1 Å². The van der Waals surface area contributed by atoms with Crippen LogP contribution in [0.2, 0.25) is 0 Å². The number of hydrogen-bond acceptors (Lipinski definition) is 7. The smallest absolute Gasteiger partial charge is 0.325 e. The summed E-state index contributed by atoms with van der Waals surface area (Å²) in [5.41, 5.74) is 11.5. The van der Waals surface area contributed by atoms with E-state index in [-0.39, 0.29) is 24.3 Å². The second-order valence-electron chi connectivity index (χ2n) is 8.84. The zero-order valence-electron chi connectivity index (χ0n) is 18.5. The summed E-state index contributed by atoms with van der Waals surface area (Å²) in [5.74, 6) is -0.543. The quantitative estimate of drug-likeness (QED) is 0.335. The Labute approximate surface area is 192 Å². The highest BCUT2D eigenvalue weighted by atomic mass is 32.1. The monoisotopic (exact) mass is 463 g/mol. The second kappa shape index (κ2) is 11.0. The average molecular weight is 464 g/mol. The van der Waals surface area contributed by atoms with E-state index < -0.39 is 17.9 Å². The first kappa shape index (κ1) is 24.3. The Bertz CT molecular complexity index is 862. The normalized spacial score (nSPS) is 23.8. The number of carboxylic acids is 1. The lowest BCUT2D eigenvalue weighted by molar-refractivity contribution is -0.135. The zero-order valence-corrected chi connectivity index (χ0v) is 19.3. The summed E-state index contributed by atoms with van der Waals surface area (Å²) >= 11 is 1.44. The number of amides is 2. The molecule has 0 radical (unpaired) electrons. The van der Waals surface area contributed by atoms with E-state index in [4.69, 9.17) is 16.6 Å². The van der Waals surface area contributed by atoms with Crippen LogP contribution in [0, 0.1) is 11.8 Å². The molecule has 9 nitrogen and oxygen atoms in total. The van der Waals surface area contributed by atoms with Crippen LogP contribution < -0.4 is 16.8 Å². The van der Waals surface area contributed by atoms with Crippen LogP contribution in [0.4, 0.5) is 0 Å². The molecular formula is C22H33N5O4S. The fraction of sp³-hybridized carbons (Fsp3) is 0.636. The third kappa shape index (κ3) is 6.36. The van der Waals surface area contributed by atoms with Crippen LogP contribution in [0.15, 0.2) is 17.1 Å². The molecule has 2 heterocycles. The highest BCUT2D eigenvalue weighted by molar-refractivity contribution is 7.14. The molecule has 1 unspecified atom stereocenters. The minimum Gasteiger partial charge on any atom is -0.480 e. The van der Waals surface area contributed by atoms with Gasteiger partial charge in [0, 0.05) is 18.0 Å². The molecule has 1 aliphatic carbocycles. The van der Waals surface area contributed by atoms with E-state index in [0.717, 1.165) is 17.8 Å². The fourth-order valence-corrected chi connectivity index (χ4v) is 5.64. The van der Waals surface area contributed by atoms with E-state index in [0.29, 0.717) is 23.3 Å². The first-order valence-electron chi connectivity index (χ1n) is 11.2. The molecule has 3 atom stereocenters. The van der Waals surface area contributed by atoms with Crippen molar-refractivity contribution in [1.29, 1.82) is 0 Å². The maximum atomic E-state index is 12.9. The van der Waals surface area contributed by atoms with Gasteiger partial charge in [0.15, 0.2) is 0 Å². The predicted octanol–water partition coefficient (Wildman–Crippen LogP) is 1.30. The van der Waals surface area contributed by atoms with Crippen LogP contribution in [-0.2, 0) is 20.9 Å². The van der Waals surface area contributed by atoms with Crippen molar-refractivity contribution in [3.8, 4) is 0 Å². The first-order valence-corrected chi connectivity index (χ1v) is 12.0. The average Bonchev–Trinajstić information content (AvgIpc) is 3.40. The van der Waals surface area contributed by atoms with E-state index in [1.165, 1.54) is 43.4 Å². The molecule has 0 aromatic carbocycles. The number of nitrogens with zero attached hydrogens (tertiary/aromatic N) is 2. The SMILES string of the molecule is C[C@H](N)C(=O)NC(=O)[C@@H]1CC(C2CCCCC2)CN1Cc1ccc(C(N)=NCC(=O)O)s1. The molecule has 1 saturated heterocycles. The van der Waals surface area contributed by atoms with Gasteiger partial charge in [0.25, 0.3) is 0 Å². The molecule has 10 heteroatoms. The maximum absolute atomic E-state index is 12.9. The largest absolute Gasteiger partial charge is 0.480 e. The van der Waals surface area contributed by atoms with Gasteiger partial charge in [-0.05, 0) is 37.3 Å². The van der Waals surface area contributed by atoms with Crippen molar-refractivity contribution in [1.82, 2.24) is 10.2 Å². The molecule has 1 aromatic heterocycles. The second-order valence-corrected chi connectivity index (χ2v) is 10.0. The minimum atomic E-state index is -1.04. The molecule has 176 valence electrons. The Hall–Kier alpha value is -2.30. The summed E-state index contributed by atoms with van der Waals surface area (Å²) in [7, 11) is 0. The molecule has 0 spiro atoms. The van der Waals surface area contributed by atoms with Crippen molar-refractivity contribution in [3.05, 3.63) is 21.9 Å². The van der Waals surface area contributed by atoms with Gasteiger partial charge in [0.1, 0.15) is 12.4 Å². The van der Waals surface area contributed by atoms with E-state index >= 15 is 0 Å². The summed E-state index contributed by atoms with van der Waals surface area (Å²) in [4.78, 5) is 43.4. The van der Waals surface area contributed by atoms with Gasteiger partial charge in [-0.25, -0.2) is 0 Å². The summed E-state index contributed by atoms with van der Waals surface area (Å²) < 4.78 is 0. The Morgan fingerprint density at radius 1 is 1.25 bits per heavy atom. The number of aliphatic carboxylic acids is 1. The van der Waals surface area contributed by atoms with Crippen LogP contribution in [0.3, 0.4) is 0 Å². The number of nitrogens with one attached hydrogen (secondary N) is 1. The van der Waals surface area contributed by atoms with Gasteiger partial charge >= 0.3 is 5.97 Å². The lowest BCUT2D eigenvalue weighted by atomic mass is 9.79. The van der Waals surface area contributed by atoms with Crippen LogP contribution in [0.25, 0.3) is 0 Å². The van der Waals surface area contributed by atoms with Crippen molar-refractivity contribution in [3.63, 3.8) is 0 Å². The Morgan fingerprint density at radius 3 is 2.62 bits per heavy atom. The number of rotatable bonds is 8. The zero-order chi connectivity index (χ0) is 23.3. The summed E-state index contributed by atoms with van der Waals surface area (Å²) in [6, 6.07) is 2.63. The number of hydrogen-bond donors (Lipinski definition) is 4. The van der Waals surface area contributed by atoms with Crippen molar-refractivity contribution >= 4 is 35.0 Å². The molecule has 1 aliphatic heterocycles. The Balaban J connectivity index is 1.72. The third-order valence-electron chi connectivity index (χ3n) is 6.37. The molecule has 1 aromatic rings. The van der Waals surface area contributed by atoms with E-state index in [2.05, 4.69) is 15.2 Å². The number of thiophene rings is 1. The topological polar surface area (TPSA) is 151 Å². The maximum Gasteiger partial charge on any atom is 0.325 e. The fourth-order valence-electron chi connectivity index (χ4n) is 4.68. The number of carboxylic acid groups (broad SMARTS) is 1. The molecule has 3 rings (SSSR count). The summed E-state index contributed by atoms with van der Waals surface area (Å²) in [6.45, 7) is 2.56. The van der Waals surface area contributed by atoms with Crippen LogP contribution >= 0.6 is 11.3 Å². The van der Waals surface area contributed by atoms with E-state index in [1.807, 2.05) is 12.1 Å². The van der Waals surface area contributed by atoms with E-state index in [1.54, 1.807) is 6.92 Å². The minimum absolute atomic E-state index is 0.196. The molecular weight excluding hydrogens is 430 g/mol. The molecule has 2 amide bonds. The van der Waals surface area contributed by atoms with Crippen molar-refractivity contribution < 1.29 is 19.5 Å². The predicted molar refractivity (Wildman–Crippen MR) is 123 cm³/mol. The van der Waals surface area contributed by atoms with Crippen molar-refractivity contribution in [2.75, 3.05) is 13.1 Å². The van der Waals surface area contributed by atoms with Crippen molar-refractivity contribution in [2.24, 2.45) is 28.3 Å². The standard InChI is InChI=1S/C22H33N5O4S/c1-13(23)21(30)26-22(31)17-9-15(14-5-3-2-4-6-14)11-27(17)12-16-7-8-18(32-16)20(24)25-10-19(28)29/h7-8,13-15,17H,2-6,9-12,23H2,1H3,(H2,24,25)(H,28,29)(H,26,30,31)/t13-,15?,17-/m0/s1. The van der Waals surface area contributed by atoms with E-state index in [9.17, 15) is 14.4 Å². The number of nitrogens with two attached hydrogens (primary N) is 2. The number of likely N-dealkylation sites (tertiary alicyclic amines) is 1. The molecule has 0 bridgehead atoms. The van der Waals surface area contributed by atoms with Gasteiger partial charge in [-0.2, -0.15) is 0 Å². The Kier molecular flexibility index (Phi) is 8.38. The lowest BCUT2D eigenvalue weighted by Crippen LogP contribution is -2.49. The van der Waals surface area contributed by atoms with Crippen LogP contribution in [0.5, 0.6) is 0 Å². The highest BCUT2D eigenvalue weighted by Gasteiger charge is 2.40. The number of carbonyl (C=O) groups is 3. The molecule has 6 N–H and O–H groups in total. The van der Waals surface area contributed by atoms with Gasteiger partial charge in [0.2, 0.25) is 11.8 Å². The molecule has 32 heavy (non-hydrogen) atoms. The van der Waals surface area contributed by atoms with Gasteiger partial charge < -0.3 is 16.6 Å².